The fourth-order valence-corrected chi connectivity index (χ4v) is 2.59. The van der Waals surface area contributed by atoms with E-state index in [2.05, 4.69) is 24.1 Å². The monoisotopic (exact) mass is 222 g/mol. The van der Waals surface area contributed by atoms with Crippen LogP contribution in [-0.2, 0) is 6.54 Å². The molecule has 0 aromatic carbocycles. The third kappa shape index (κ3) is 3.08. The molecule has 0 saturated heterocycles. The van der Waals surface area contributed by atoms with Gasteiger partial charge in [0.2, 0.25) is 5.89 Å². The molecule has 16 heavy (non-hydrogen) atoms. The zero-order valence-corrected chi connectivity index (χ0v) is 10.5. The highest BCUT2D eigenvalue weighted by Crippen LogP contribution is 2.35. The van der Waals surface area contributed by atoms with E-state index in [0.29, 0.717) is 11.5 Å². The SMILES string of the molecule is Cc1cnc(CNC2CCCC(C)(C)C2)o1. The fourth-order valence-electron chi connectivity index (χ4n) is 2.59. The van der Waals surface area contributed by atoms with Gasteiger partial charge in [-0.05, 0) is 31.6 Å². The molecule has 0 amide bonds. The quantitative estimate of drug-likeness (QED) is 0.854. The van der Waals surface area contributed by atoms with E-state index in [-0.39, 0.29) is 0 Å². The molecule has 1 aliphatic rings. The molecule has 0 radical (unpaired) electrons. The van der Waals surface area contributed by atoms with E-state index in [0.717, 1.165) is 18.2 Å². The van der Waals surface area contributed by atoms with Gasteiger partial charge in [0, 0.05) is 6.04 Å². The Morgan fingerprint density at radius 2 is 2.38 bits per heavy atom. The maximum atomic E-state index is 5.45. The lowest BCUT2D eigenvalue weighted by Gasteiger charge is -2.35. The Bertz CT molecular complexity index is 343. The summed E-state index contributed by atoms with van der Waals surface area (Å²) < 4.78 is 5.45. The Balaban J connectivity index is 1.82. The Morgan fingerprint density at radius 1 is 1.56 bits per heavy atom. The number of hydrogen-bond donors (Lipinski definition) is 1. The maximum absolute atomic E-state index is 5.45. The van der Waals surface area contributed by atoms with Crippen LogP contribution in [0.25, 0.3) is 0 Å². The second-order valence-electron chi connectivity index (χ2n) is 5.70. The fraction of sp³-hybridized carbons (Fsp3) is 0.769. The molecule has 3 heteroatoms. The van der Waals surface area contributed by atoms with Crippen molar-refractivity contribution < 1.29 is 4.42 Å². The summed E-state index contributed by atoms with van der Waals surface area (Å²) >= 11 is 0. The number of nitrogens with one attached hydrogen (secondary N) is 1. The number of oxazole rings is 1. The summed E-state index contributed by atoms with van der Waals surface area (Å²) in [6, 6.07) is 0.621. The van der Waals surface area contributed by atoms with Crippen molar-refractivity contribution >= 4 is 0 Å². The average Bonchev–Trinajstić information content (AvgIpc) is 2.60. The predicted octanol–water partition coefficient (Wildman–Crippen LogP) is 3.04. The number of aryl methyl sites for hydroxylation is 1. The van der Waals surface area contributed by atoms with Crippen LogP contribution in [0.15, 0.2) is 10.6 Å². The molecule has 1 atom stereocenters. The molecular weight excluding hydrogens is 200 g/mol. The first-order chi connectivity index (χ1) is 7.55. The van der Waals surface area contributed by atoms with E-state index < -0.39 is 0 Å². The third-order valence-electron chi connectivity index (χ3n) is 3.42. The normalized spacial score (nSPS) is 24.6. The molecule has 3 nitrogen and oxygen atoms in total. The molecule has 0 spiro atoms. The highest BCUT2D eigenvalue weighted by atomic mass is 16.4. The Hall–Kier alpha value is -0.830. The Kier molecular flexibility index (Phi) is 3.33. The van der Waals surface area contributed by atoms with Crippen molar-refractivity contribution in [2.24, 2.45) is 5.41 Å². The minimum absolute atomic E-state index is 0.489. The second kappa shape index (κ2) is 4.58. The summed E-state index contributed by atoms with van der Waals surface area (Å²) in [5.41, 5.74) is 0.489. The van der Waals surface area contributed by atoms with Gasteiger partial charge in [0.05, 0.1) is 12.7 Å². The molecule has 0 bridgehead atoms. The lowest BCUT2D eigenvalue weighted by Crippen LogP contribution is -2.36. The molecular formula is C13H22N2O. The van der Waals surface area contributed by atoms with Gasteiger partial charge in [0.15, 0.2) is 0 Å². The highest BCUT2D eigenvalue weighted by Gasteiger charge is 2.27. The number of aromatic nitrogens is 1. The van der Waals surface area contributed by atoms with Crippen molar-refractivity contribution in [3.63, 3.8) is 0 Å². The summed E-state index contributed by atoms with van der Waals surface area (Å²) in [4.78, 5) is 4.21. The van der Waals surface area contributed by atoms with E-state index >= 15 is 0 Å². The second-order valence-corrected chi connectivity index (χ2v) is 5.70. The Morgan fingerprint density at radius 3 is 3.00 bits per heavy atom. The van der Waals surface area contributed by atoms with Crippen LogP contribution in [0.2, 0.25) is 0 Å². The molecule has 1 fully saturated rings. The molecule has 2 rings (SSSR count). The minimum atomic E-state index is 0.489. The number of rotatable bonds is 3. The van der Waals surface area contributed by atoms with Crippen molar-refractivity contribution in [2.45, 2.75) is 59.0 Å². The average molecular weight is 222 g/mol. The highest BCUT2D eigenvalue weighted by molar-refractivity contribution is 4.91. The van der Waals surface area contributed by atoms with Gasteiger partial charge in [0.1, 0.15) is 5.76 Å². The first kappa shape index (κ1) is 11.6. The van der Waals surface area contributed by atoms with Gasteiger partial charge in [0.25, 0.3) is 0 Å². The van der Waals surface area contributed by atoms with Crippen molar-refractivity contribution in [3.05, 3.63) is 17.8 Å². The maximum Gasteiger partial charge on any atom is 0.208 e. The zero-order chi connectivity index (χ0) is 11.6. The van der Waals surface area contributed by atoms with Crippen LogP contribution in [0.4, 0.5) is 0 Å². The van der Waals surface area contributed by atoms with Crippen LogP contribution in [0.3, 0.4) is 0 Å². The number of hydrogen-bond acceptors (Lipinski definition) is 3. The molecule has 1 saturated carbocycles. The standard InChI is InChI=1S/C13H22N2O/c1-10-8-15-12(16-10)9-14-11-5-4-6-13(2,3)7-11/h8,11,14H,4-7,9H2,1-3H3. The first-order valence-electron chi connectivity index (χ1n) is 6.20. The van der Waals surface area contributed by atoms with Gasteiger partial charge in [-0.1, -0.05) is 20.3 Å². The number of nitrogens with zero attached hydrogens (tertiary/aromatic N) is 1. The molecule has 1 heterocycles. The van der Waals surface area contributed by atoms with Gasteiger partial charge in [-0.2, -0.15) is 0 Å². The molecule has 0 aliphatic heterocycles. The van der Waals surface area contributed by atoms with Crippen molar-refractivity contribution in [2.75, 3.05) is 0 Å². The zero-order valence-electron chi connectivity index (χ0n) is 10.5. The summed E-state index contributed by atoms with van der Waals surface area (Å²) in [7, 11) is 0. The van der Waals surface area contributed by atoms with Gasteiger partial charge in [-0.3, -0.25) is 0 Å². The van der Waals surface area contributed by atoms with E-state index in [4.69, 9.17) is 4.42 Å². The molecule has 90 valence electrons. The van der Waals surface area contributed by atoms with Crippen LogP contribution in [0, 0.1) is 12.3 Å². The van der Waals surface area contributed by atoms with E-state index in [1.54, 1.807) is 6.20 Å². The van der Waals surface area contributed by atoms with Gasteiger partial charge in [-0.15, -0.1) is 0 Å². The first-order valence-corrected chi connectivity index (χ1v) is 6.20. The van der Waals surface area contributed by atoms with Crippen LogP contribution < -0.4 is 5.32 Å². The van der Waals surface area contributed by atoms with Crippen molar-refractivity contribution in [1.29, 1.82) is 0 Å². The summed E-state index contributed by atoms with van der Waals surface area (Å²) in [5, 5.41) is 3.55. The van der Waals surface area contributed by atoms with Crippen LogP contribution in [0.1, 0.15) is 51.2 Å². The largest absolute Gasteiger partial charge is 0.445 e. The van der Waals surface area contributed by atoms with E-state index in [1.165, 1.54) is 25.7 Å². The van der Waals surface area contributed by atoms with Crippen molar-refractivity contribution in [3.8, 4) is 0 Å². The van der Waals surface area contributed by atoms with E-state index in [1.807, 2.05) is 6.92 Å². The van der Waals surface area contributed by atoms with Crippen LogP contribution in [0.5, 0.6) is 0 Å². The molecule has 1 N–H and O–H groups in total. The van der Waals surface area contributed by atoms with Gasteiger partial charge in [-0.25, -0.2) is 4.98 Å². The summed E-state index contributed by atoms with van der Waals surface area (Å²) in [6.07, 6.45) is 7.00. The smallest absolute Gasteiger partial charge is 0.208 e. The molecule has 1 aromatic heterocycles. The van der Waals surface area contributed by atoms with Gasteiger partial charge >= 0.3 is 0 Å². The van der Waals surface area contributed by atoms with E-state index in [9.17, 15) is 0 Å². The van der Waals surface area contributed by atoms with Gasteiger partial charge < -0.3 is 9.73 Å². The minimum Gasteiger partial charge on any atom is -0.445 e. The topological polar surface area (TPSA) is 38.1 Å². The molecule has 1 aromatic rings. The van der Waals surface area contributed by atoms with Crippen molar-refractivity contribution in [1.82, 2.24) is 10.3 Å². The molecule has 1 aliphatic carbocycles. The lowest BCUT2D eigenvalue weighted by atomic mass is 9.75. The van der Waals surface area contributed by atoms with Crippen LogP contribution >= 0.6 is 0 Å². The molecule has 1 unspecified atom stereocenters. The van der Waals surface area contributed by atoms with Crippen LogP contribution in [-0.4, -0.2) is 11.0 Å². The lowest BCUT2D eigenvalue weighted by molar-refractivity contribution is 0.195. The summed E-state index contributed by atoms with van der Waals surface area (Å²) in [5.74, 6) is 1.70. The Labute approximate surface area is 97.6 Å². The third-order valence-corrected chi connectivity index (χ3v) is 3.42. The predicted molar refractivity (Wildman–Crippen MR) is 64.1 cm³/mol. The summed E-state index contributed by atoms with van der Waals surface area (Å²) in [6.45, 7) is 7.40.